The van der Waals surface area contributed by atoms with Gasteiger partial charge in [0.25, 0.3) is 5.91 Å². The summed E-state index contributed by atoms with van der Waals surface area (Å²) in [6.07, 6.45) is 1.52. The first-order valence-electron chi connectivity index (χ1n) is 9.39. The average molecular weight is 394 g/mol. The van der Waals surface area contributed by atoms with Gasteiger partial charge in [-0.3, -0.25) is 4.79 Å². The zero-order valence-corrected chi connectivity index (χ0v) is 16.0. The predicted molar refractivity (Wildman–Crippen MR) is 117 cm³/mol. The molecule has 0 spiro atoms. The van der Waals surface area contributed by atoms with Crippen LogP contribution in [0.1, 0.15) is 26.3 Å². The first-order valence-corrected chi connectivity index (χ1v) is 9.39. The molecule has 0 bridgehead atoms. The van der Waals surface area contributed by atoms with Gasteiger partial charge in [0.2, 0.25) is 0 Å². The van der Waals surface area contributed by atoms with Crippen molar-refractivity contribution < 1.29 is 14.3 Å². The molecule has 0 saturated heterocycles. The van der Waals surface area contributed by atoms with Crippen molar-refractivity contribution in [2.24, 2.45) is 5.10 Å². The summed E-state index contributed by atoms with van der Waals surface area (Å²) in [4.78, 5) is 24.6. The highest BCUT2D eigenvalue weighted by molar-refractivity contribution is 6.05. The van der Waals surface area contributed by atoms with Crippen LogP contribution in [-0.2, 0) is 0 Å². The maximum Gasteiger partial charge on any atom is 0.344 e. The summed E-state index contributed by atoms with van der Waals surface area (Å²) in [7, 11) is 0. The molecule has 0 aromatic heterocycles. The Morgan fingerprint density at radius 2 is 1.47 bits per heavy atom. The third kappa shape index (κ3) is 4.42. The van der Waals surface area contributed by atoms with Gasteiger partial charge in [-0.05, 0) is 58.8 Å². The second-order valence-electron chi connectivity index (χ2n) is 6.55. The summed E-state index contributed by atoms with van der Waals surface area (Å²) in [5.74, 6) is -0.269. The monoisotopic (exact) mass is 394 g/mol. The van der Waals surface area contributed by atoms with Gasteiger partial charge in [0, 0.05) is 5.56 Å². The van der Waals surface area contributed by atoms with Crippen LogP contribution in [0, 0.1) is 0 Å². The second kappa shape index (κ2) is 8.84. The quantitative estimate of drug-likeness (QED) is 0.228. The number of rotatable bonds is 5. The minimum atomic E-state index is -0.414. The molecule has 0 aliphatic rings. The number of esters is 1. The molecule has 0 fully saturated rings. The lowest BCUT2D eigenvalue weighted by atomic mass is 10.0. The van der Waals surface area contributed by atoms with Crippen LogP contribution in [0.4, 0.5) is 0 Å². The van der Waals surface area contributed by atoms with Crippen molar-refractivity contribution in [2.75, 3.05) is 0 Å². The molecule has 1 amide bonds. The highest BCUT2D eigenvalue weighted by Gasteiger charge is 2.12. The topological polar surface area (TPSA) is 67.8 Å². The van der Waals surface area contributed by atoms with E-state index in [9.17, 15) is 9.59 Å². The molecule has 5 nitrogen and oxygen atoms in total. The number of nitrogens with zero attached hydrogens (tertiary/aromatic N) is 1. The van der Waals surface area contributed by atoms with E-state index in [2.05, 4.69) is 10.5 Å². The summed E-state index contributed by atoms with van der Waals surface area (Å²) >= 11 is 0. The number of ether oxygens (including phenoxy) is 1. The molecule has 30 heavy (non-hydrogen) atoms. The van der Waals surface area contributed by atoms with Gasteiger partial charge in [0.15, 0.2) is 0 Å². The molecule has 0 radical (unpaired) electrons. The van der Waals surface area contributed by atoms with Gasteiger partial charge < -0.3 is 4.74 Å². The number of hydrogen-bond donors (Lipinski definition) is 1. The normalized spacial score (nSPS) is 10.8. The number of nitrogens with one attached hydrogen (secondary N) is 1. The van der Waals surface area contributed by atoms with Crippen LogP contribution in [-0.4, -0.2) is 18.1 Å². The minimum absolute atomic E-state index is 0.285. The molecule has 0 heterocycles. The first kappa shape index (κ1) is 19.1. The van der Waals surface area contributed by atoms with Crippen molar-refractivity contribution in [3.8, 4) is 5.75 Å². The van der Waals surface area contributed by atoms with E-state index in [1.807, 2.05) is 42.5 Å². The van der Waals surface area contributed by atoms with Crippen LogP contribution in [0.2, 0.25) is 0 Å². The lowest BCUT2D eigenvalue weighted by molar-refractivity contribution is 0.0736. The van der Waals surface area contributed by atoms with Crippen molar-refractivity contribution in [1.82, 2.24) is 5.43 Å². The molecule has 146 valence electrons. The van der Waals surface area contributed by atoms with E-state index in [4.69, 9.17) is 4.74 Å². The van der Waals surface area contributed by atoms with E-state index in [0.717, 1.165) is 16.3 Å². The lowest BCUT2D eigenvalue weighted by Gasteiger charge is -2.07. The molecular weight excluding hydrogens is 376 g/mol. The zero-order valence-electron chi connectivity index (χ0n) is 16.0. The molecule has 4 aromatic carbocycles. The van der Waals surface area contributed by atoms with Crippen molar-refractivity contribution in [3.63, 3.8) is 0 Å². The van der Waals surface area contributed by atoms with E-state index in [1.54, 1.807) is 54.6 Å². The molecule has 4 rings (SSSR count). The van der Waals surface area contributed by atoms with E-state index in [1.165, 1.54) is 6.21 Å². The first-order chi connectivity index (χ1) is 14.7. The lowest BCUT2D eigenvalue weighted by Crippen LogP contribution is -2.17. The molecule has 4 aromatic rings. The number of benzene rings is 4. The number of carbonyl (C=O) groups excluding carboxylic acids is 2. The van der Waals surface area contributed by atoms with Crippen LogP contribution in [0.5, 0.6) is 5.75 Å². The van der Waals surface area contributed by atoms with Gasteiger partial charge in [0.05, 0.1) is 11.8 Å². The summed E-state index contributed by atoms with van der Waals surface area (Å²) in [5.41, 5.74) is 4.28. The summed E-state index contributed by atoms with van der Waals surface area (Å²) < 4.78 is 5.51. The van der Waals surface area contributed by atoms with Crippen molar-refractivity contribution >= 4 is 28.9 Å². The van der Waals surface area contributed by atoms with Crippen LogP contribution in [0.25, 0.3) is 10.8 Å². The predicted octanol–water partition coefficient (Wildman–Crippen LogP) is 4.82. The highest BCUT2D eigenvalue weighted by Crippen LogP contribution is 2.21. The maximum atomic E-state index is 12.6. The van der Waals surface area contributed by atoms with Gasteiger partial charge in [-0.25, -0.2) is 10.2 Å². The van der Waals surface area contributed by atoms with E-state index in [-0.39, 0.29) is 5.91 Å². The van der Waals surface area contributed by atoms with Gasteiger partial charge in [-0.2, -0.15) is 5.10 Å². The number of fused-ring (bicyclic) bond motifs is 1. The Labute approximate surface area is 173 Å². The Hall–Kier alpha value is -4.25. The van der Waals surface area contributed by atoms with Crippen molar-refractivity contribution in [3.05, 3.63) is 114 Å². The van der Waals surface area contributed by atoms with Gasteiger partial charge in [-0.1, -0.05) is 54.6 Å². The smallest absolute Gasteiger partial charge is 0.344 e. The Bertz CT molecular complexity index is 1210. The van der Waals surface area contributed by atoms with Gasteiger partial charge >= 0.3 is 5.97 Å². The number of hydrogen-bond acceptors (Lipinski definition) is 4. The SMILES string of the molecule is O=C(NN=Cc1ccc(OC(=O)c2cccc3ccccc23)cc1)c1ccccc1. The molecule has 5 heteroatoms. The molecule has 0 aliphatic carbocycles. The Balaban J connectivity index is 1.40. The van der Waals surface area contributed by atoms with Crippen molar-refractivity contribution in [1.29, 1.82) is 0 Å². The molecule has 1 N–H and O–H groups in total. The van der Waals surface area contributed by atoms with E-state index < -0.39 is 5.97 Å². The Morgan fingerprint density at radius 3 is 2.27 bits per heavy atom. The Morgan fingerprint density at radius 1 is 0.767 bits per heavy atom. The zero-order chi connectivity index (χ0) is 20.8. The standard InChI is InChI=1S/C25H18N2O3/c28-24(20-8-2-1-3-9-20)27-26-17-18-13-15-21(16-14-18)30-25(29)23-12-6-10-19-7-4-5-11-22(19)23/h1-17H,(H,27,28). The maximum absolute atomic E-state index is 12.6. The molecule has 0 unspecified atom stereocenters. The minimum Gasteiger partial charge on any atom is -0.423 e. The fourth-order valence-electron chi connectivity index (χ4n) is 3.01. The third-order valence-corrected chi connectivity index (χ3v) is 4.52. The van der Waals surface area contributed by atoms with Gasteiger partial charge in [0.1, 0.15) is 5.75 Å². The van der Waals surface area contributed by atoms with Crippen LogP contribution in [0.3, 0.4) is 0 Å². The summed E-state index contributed by atoms with van der Waals surface area (Å²) in [5, 5.41) is 5.79. The van der Waals surface area contributed by atoms with Crippen LogP contribution in [0.15, 0.2) is 102 Å². The average Bonchev–Trinajstić information content (AvgIpc) is 2.80. The van der Waals surface area contributed by atoms with Gasteiger partial charge in [-0.15, -0.1) is 0 Å². The second-order valence-corrected chi connectivity index (χ2v) is 6.55. The summed E-state index contributed by atoms with van der Waals surface area (Å²) in [6, 6.07) is 28.9. The molecule has 0 saturated carbocycles. The summed E-state index contributed by atoms with van der Waals surface area (Å²) in [6.45, 7) is 0. The number of carbonyl (C=O) groups is 2. The van der Waals surface area contributed by atoms with E-state index in [0.29, 0.717) is 16.9 Å². The fraction of sp³-hybridized carbons (Fsp3) is 0. The number of amides is 1. The van der Waals surface area contributed by atoms with Crippen LogP contribution >= 0.6 is 0 Å². The largest absolute Gasteiger partial charge is 0.423 e. The third-order valence-electron chi connectivity index (χ3n) is 4.52. The highest BCUT2D eigenvalue weighted by atomic mass is 16.5. The van der Waals surface area contributed by atoms with E-state index >= 15 is 0 Å². The fourth-order valence-corrected chi connectivity index (χ4v) is 3.01. The van der Waals surface area contributed by atoms with Crippen LogP contribution < -0.4 is 10.2 Å². The van der Waals surface area contributed by atoms with Crippen molar-refractivity contribution in [2.45, 2.75) is 0 Å². The number of hydrazone groups is 1. The molecule has 0 atom stereocenters. The molecular formula is C25H18N2O3. The Kier molecular flexibility index (Phi) is 5.62. The molecule has 0 aliphatic heterocycles.